The Kier molecular flexibility index (Phi) is 10.6. The van der Waals surface area contributed by atoms with Gasteiger partial charge in [0.05, 0.1) is 6.61 Å². The number of hydrogen-bond donors (Lipinski definition) is 3. The Morgan fingerprint density at radius 2 is 1.95 bits per heavy atom. The summed E-state index contributed by atoms with van der Waals surface area (Å²) in [7, 11) is 5.70. The Morgan fingerprint density at radius 3 is 2.64 bits per heavy atom. The van der Waals surface area contributed by atoms with Gasteiger partial charge in [0.1, 0.15) is 11.6 Å². The van der Waals surface area contributed by atoms with Crippen molar-refractivity contribution in [3.63, 3.8) is 0 Å². The second-order valence-electron chi connectivity index (χ2n) is 10.5. The molecule has 3 N–H and O–H groups in total. The van der Waals surface area contributed by atoms with E-state index in [2.05, 4.69) is 56.7 Å². The molecule has 3 amide bonds. The molecule has 1 fully saturated rings. The van der Waals surface area contributed by atoms with Gasteiger partial charge in [0.25, 0.3) is 5.91 Å². The molecule has 9 nitrogen and oxygen atoms in total. The third-order valence-corrected chi connectivity index (χ3v) is 7.12. The first-order valence-electron chi connectivity index (χ1n) is 13.8. The van der Waals surface area contributed by atoms with Crippen LogP contribution in [0.2, 0.25) is 0 Å². The molecule has 42 heavy (non-hydrogen) atoms. The van der Waals surface area contributed by atoms with Crippen molar-refractivity contribution in [2.24, 2.45) is 0 Å². The van der Waals surface area contributed by atoms with E-state index in [0.29, 0.717) is 59.5 Å². The van der Waals surface area contributed by atoms with E-state index in [4.69, 9.17) is 4.74 Å². The van der Waals surface area contributed by atoms with Crippen LogP contribution in [0.3, 0.4) is 0 Å². The second kappa shape index (κ2) is 14.5. The topological polar surface area (TPSA) is 98.8 Å². The number of rotatable bonds is 9. The average molecular weight is 573 g/mol. The Balaban J connectivity index is 1.36. The van der Waals surface area contributed by atoms with Crippen molar-refractivity contribution in [3.8, 4) is 11.8 Å². The Bertz CT molecular complexity index is 1470. The monoisotopic (exact) mass is 572 g/mol. The van der Waals surface area contributed by atoms with E-state index >= 15 is 0 Å². The normalized spacial score (nSPS) is 14.8. The summed E-state index contributed by atoms with van der Waals surface area (Å²) in [5.74, 6) is 5.85. The molecule has 3 aromatic rings. The highest BCUT2D eigenvalue weighted by atomic mass is 19.1. The van der Waals surface area contributed by atoms with E-state index in [9.17, 15) is 14.0 Å². The molecule has 1 atom stereocenters. The lowest BCUT2D eigenvalue weighted by molar-refractivity contribution is 0.102. The molecule has 10 heteroatoms. The number of amides is 3. The van der Waals surface area contributed by atoms with Crippen LogP contribution in [0.15, 0.2) is 54.7 Å². The highest BCUT2D eigenvalue weighted by Crippen LogP contribution is 2.21. The molecular formula is C32H37FN6O3. The number of hydrogen-bond acceptors (Lipinski definition) is 6. The van der Waals surface area contributed by atoms with Crippen LogP contribution in [0.25, 0.3) is 0 Å². The summed E-state index contributed by atoms with van der Waals surface area (Å²) in [5, 5.41) is 8.09. The van der Waals surface area contributed by atoms with Crippen LogP contribution >= 0.6 is 0 Å². The van der Waals surface area contributed by atoms with E-state index in [1.165, 1.54) is 6.07 Å². The predicted octanol–water partition coefficient (Wildman–Crippen LogP) is 4.09. The van der Waals surface area contributed by atoms with Crippen LogP contribution in [0.1, 0.15) is 39.0 Å². The van der Waals surface area contributed by atoms with Gasteiger partial charge in [0, 0.05) is 73.5 Å². The van der Waals surface area contributed by atoms with E-state index in [0.717, 1.165) is 25.1 Å². The van der Waals surface area contributed by atoms with Gasteiger partial charge in [0.15, 0.2) is 0 Å². The summed E-state index contributed by atoms with van der Waals surface area (Å²) >= 11 is 0. The van der Waals surface area contributed by atoms with Gasteiger partial charge in [-0.25, -0.2) is 14.2 Å². The first-order valence-corrected chi connectivity index (χ1v) is 13.8. The molecule has 0 aliphatic carbocycles. The van der Waals surface area contributed by atoms with Crippen molar-refractivity contribution >= 4 is 23.4 Å². The number of aromatic nitrogens is 1. The van der Waals surface area contributed by atoms with Crippen molar-refractivity contribution < 1.29 is 18.7 Å². The molecule has 2 heterocycles. The fourth-order valence-corrected chi connectivity index (χ4v) is 4.58. The van der Waals surface area contributed by atoms with Gasteiger partial charge in [-0.3, -0.25) is 15.0 Å². The summed E-state index contributed by atoms with van der Waals surface area (Å²) in [6, 6.07) is 13.6. The SMILES string of the molecule is COCCNC(=O)Nc1ccc(C#Cc2cc(C(=O)Nc3ccc(CN4CCC(N(C)C)C4)c(F)c3)ccc2C)cn1. The third-order valence-electron chi connectivity index (χ3n) is 7.12. The van der Waals surface area contributed by atoms with Gasteiger partial charge in [-0.05, 0) is 69.4 Å². The van der Waals surface area contributed by atoms with Crippen LogP contribution < -0.4 is 16.0 Å². The van der Waals surface area contributed by atoms with Crippen molar-refractivity contribution in [2.45, 2.75) is 25.9 Å². The lowest BCUT2D eigenvalue weighted by Crippen LogP contribution is -2.31. The number of urea groups is 1. The van der Waals surface area contributed by atoms with Gasteiger partial charge in [-0.15, -0.1) is 0 Å². The van der Waals surface area contributed by atoms with Crippen molar-refractivity contribution in [1.82, 2.24) is 20.1 Å². The average Bonchev–Trinajstić information content (AvgIpc) is 3.44. The zero-order chi connectivity index (χ0) is 30.1. The highest BCUT2D eigenvalue weighted by molar-refractivity contribution is 6.04. The minimum absolute atomic E-state index is 0.335. The van der Waals surface area contributed by atoms with Crippen LogP contribution in [-0.4, -0.2) is 80.2 Å². The van der Waals surface area contributed by atoms with Gasteiger partial charge in [-0.1, -0.05) is 24.0 Å². The molecule has 2 aromatic carbocycles. The highest BCUT2D eigenvalue weighted by Gasteiger charge is 2.24. The Labute approximate surface area is 246 Å². The quantitative estimate of drug-likeness (QED) is 0.264. The fourth-order valence-electron chi connectivity index (χ4n) is 4.58. The number of benzene rings is 2. The largest absolute Gasteiger partial charge is 0.383 e. The summed E-state index contributed by atoms with van der Waals surface area (Å²) < 4.78 is 19.8. The number of likely N-dealkylation sites (N-methyl/N-ethyl adjacent to an activating group) is 1. The second-order valence-corrected chi connectivity index (χ2v) is 10.5. The lowest BCUT2D eigenvalue weighted by Gasteiger charge is -2.20. The number of halogens is 1. The molecular weight excluding hydrogens is 535 g/mol. The molecule has 1 aliphatic rings. The van der Waals surface area contributed by atoms with Gasteiger partial charge in [0.2, 0.25) is 0 Å². The number of nitrogens with one attached hydrogen (secondary N) is 3. The predicted molar refractivity (Wildman–Crippen MR) is 162 cm³/mol. The molecule has 1 aromatic heterocycles. The minimum Gasteiger partial charge on any atom is -0.383 e. The fraction of sp³-hybridized carbons (Fsp3) is 0.344. The van der Waals surface area contributed by atoms with Crippen LogP contribution in [0, 0.1) is 24.6 Å². The van der Waals surface area contributed by atoms with E-state index in [-0.39, 0.29) is 17.8 Å². The molecule has 0 bridgehead atoms. The van der Waals surface area contributed by atoms with Crippen LogP contribution in [-0.2, 0) is 11.3 Å². The molecule has 0 saturated carbocycles. The summed E-state index contributed by atoms with van der Waals surface area (Å²) in [6.45, 7) is 5.12. The van der Waals surface area contributed by atoms with Crippen LogP contribution in [0.4, 0.5) is 20.7 Å². The molecule has 1 unspecified atom stereocenters. The standard InChI is InChI=1S/C32H37FN6O3/c1-22-5-8-25(17-24(22)9-6-23-7-12-30(35-19-23)37-32(41)34-14-16-42-4)31(40)36-27-11-10-26(29(33)18-27)20-39-15-13-28(21-39)38(2)3/h5,7-8,10-12,17-19,28H,13-16,20-21H2,1-4H3,(H,36,40)(H2,34,35,37,41). The number of aryl methyl sites for hydroxylation is 1. The number of carbonyl (C=O) groups excluding carboxylic acids is 2. The summed E-state index contributed by atoms with van der Waals surface area (Å²) in [5.41, 5.74) is 3.67. The zero-order valence-electron chi connectivity index (χ0n) is 24.5. The maximum atomic E-state index is 14.9. The third kappa shape index (κ3) is 8.60. The first kappa shape index (κ1) is 30.7. The number of ether oxygens (including phenoxy) is 1. The van der Waals surface area contributed by atoms with Gasteiger partial charge < -0.3 is 20.3 Å². The van der Waals surface area contributed by atoms with Crippen LogP contribution in [0.5, 0.6) is 0 Å². The minimum atomic E-state index is -0.372. The van der Waals surface area contributed by atoms with E-state index in [1.54, 1.807) is 49.7 Å². The van der Waals surface area contributed by atoms with E-state index in [1.807, 2.05) is 13.0 Å². The van der Waals surface area contributed by atoms with Gasteiger partial charge in [-0.2, -0.15) is 0 Å². The van der Waals surface area contributed by atoms with Crippen molar-refractivity contribution in [3.05, 3.63) is 88.4 Å². The summed E-state index contributed by atoms with van der Waals surface area (Å²) in [6.07, 6.45) is 2.63. The molecule has 1 saturated heterocycles. The molecule has 1 aliphatic heterocycles. The molecule has 0 radical (unpaired) electrons. The molecule has 4 rings (SSSR count). The van der Waals surface area contributed by atoms with Gasteiger partial charge >= 0.3 is 6.03 Å². The first-order chi connectivity index (χ1) is 20.2. The maximum Gasteiger partial charge on any atom is 0.320 e. The Morgan fingerprint density at radius 1 is 1.12 bits per heavy atom. The van der Waals surface area contributed by atoms with Crippen molar-refractivity contribution in [2.75, 3.05) is 58.1 Å². The number of pyridine rings is 1. The Hall–Kier alpha value is -4.30. The number of carbonyl (C=O) groups is 2. The van der Waals surface area contributed by atoms with E-state index < -0.39 is 0 Å². The number of methoxy groups -OCH3 is 1. The van der Waals surface area contributed by atoms with Crippen molar-refractivity contribution in [1.29, 1.82) is 0 Å². The summed E-state index contributed by atoms with van der Waals surface area (Å²) in [4.78, 5) is 33.5. The maximum absolute atomic E-state index is 14.9. The smallest absolute Gasteiger partial charge is 0.320 e. The number of likely N-dealkylation sites (tertiary alicyclic amines) is 1. The number of anilines is 2. The lowest BCUT2D eigenvalue weighted by atomic mass is 10.0. The number of nitrogens with zero attached hydrogens (tertiary/aromatic N) is 3. The molecule has 0 spiro atoms. The molecule has 220 valence electrons. The zero-order valence-corrected chi connectivity index (χ0v) is 24.5.